The zero-order valence-electron chi connectivity index (χ0n) is 10.9. The number of fused-ring (bicyclic) bond motifs is 1. The first-order valence-electron chi connectivity index (χ1n) is 6.90. The summed E-state index contributed by atoms with van der Waals surface area (Å²) in [5.41, 5.74) is 5.67. The van der Waals surface area contributed by atoms with Gasteiger partial charge in [0.25, 0.3) is 5.91 Å². The number of carbonyl (C=O) groups excluding carboxylic acids is 1. The summed E-state index contributed by atoms with van der Waals surface area (Å²) in [5.74, 6) is 0.235. The van der Waals surface area contributed by atoms with E-state index < -0.39 is 0 Å². The Labute approximate surface area is 119 Å². The van der Waals surface area contributed by atoms with Crippen molar-refractivity contribution in [2.24, 2.45) is 0 Å². The van der Waals surface area contributed by atoms with Gasteiger partial charge in [-0.25, -0.2) is 5.43 Å². The molecule has 0 atom stereocenters. The number of aromatic nitrogens is 5. The Morgan fingerprint density at radius 3 is 2.95 bits per heavy atom. The van der Waals surface area contributed by atoms with Crippen LogP contribution in [0.2, 0.25) is 0 Å². The fraction of sp³-hybridized carbons (Fsp3) is 0.583. The molecular formula is C12H14N6OS. The Morgan fingerprint density at radius 2 is 2.10 bits per heavy atom. The molecule has 0 unspecified atom stereocenters. The molecule has 0 bridgehead atoms. The van der Waals surface area contributed by atoms with Crippen molar-refractivity contribution in [3.63, 3.8) is 0 Å². The van der Waals surface area contributed by atoms with Crippen molar-refractivity contribution in [1.82, 2.24) is 24.7 Å². The number of hydrogen-bond acceptors (Lipinski definition) is 6. The summed E-state index contributed by atoms with van der Waals surface area (Å²) in [6, 6.07) is 0. The third-order valence-corrected chi connectivity index (χ3v) is 4.55. The summed E-state index contributed by atoms with van der Waals surface area (Å²) in [6.07, 6.45) is 6.32. The van der Waals surface area contributed by atoms with Crippen LogP contribution in [0.5, 0.6) is 0 Å². The van der Waals surface area contributed by atoms with Crippen LogP contribution in [-0.4, -0.2) is 30.6 Å². The maximum Gasteiger partial charge on any atom is 0.285 e. The van der Waals surface area contributed by atoms with E-state index in [1.807, 2.05) is 0 Å². The van der Waals surface area contributed by atoms with Crippen LogP contribution in [0.1, 0.15) is 58.4 Å². The highest BCUT2D eigenvalue weighted by molar-refractivity contribution is 7.08. The molecule has 2 heterocycles. The van der Waals surface area contributed by atoms with E-state index in [2.05, 4.69) is 25.3 Å². The predicted molar refractivity (Wildman–Crippen MR) is 72.2 cm³/mol. The van der Waals surface area contributed by atoms with Crippen molar-refractivity contribution in [2.75, 3.05) is 5.43 Å². The SMILES string of the molecule is O=C(Nn1nnc2c1CCCC2)c1snnc1C1CC1. The van der Waals surface area contributed by atoms with E-state index in [9.17, 15) is 4.79 Å². The van der Waals surface area contributed by atoms with Gasteiger partial charge >= 0.3 is 0 Å². The van der Waals surface area contributed by atoms with Crippen LogP contribution in [-0.2, 0) is 12.8 Å². The molecule has 4 rings (SSSR count). The fourth-order valence-corrected chi connectivity index (χ4v) is 3.22. The Balaban J connectivity index is 1.57. The van der Waals surface area contributed by atoms with E-state index >= 15 is 0 Å². The molecule has 0 saturated heterocycles. The number of hydrogen-bond donors (Lipinski definition) is 1. The monoisotopic (exact) mass is 290 g/mol. The molecule has 1 fully saturated rings. The summed E-state index contributed by atoms with van der Waals surface area (Å²) >= 11 is 1.15. The lowest BCUT2D eigenvalue weighted by Crippen LogP contribution is -2.26. The lowest BCUT2D eigenvalue weighted by Gasteiger charge is -2.12. The van der Waals surface area contributed by atoms with E-state index in [4.69, 9.17) is 0 Å². The lowest BCUT2D eigenvalue weighted by atomic mass is 10.0. The van der Waals surface area contributed by atoms with Gasteiger partial charge in [-0.3, -0.25) is 4.79 Å². The van der Waals surface area contributed by atoms with Crippen molar-refractivity contribution >= 4 is 17.4 Å². The van der Waals surface area contributed by atoms with Gasteiger partial charge in [-0.05, 0) is 55.3 Å². The van der Waals surface area contributed by atoms with Gasteiger partial charge in [0.1, 0.15) is 4.88 Å². The van der Waals surface area contributed by atoms with Gasteiger partial charge in [-0.15, -0.1) is 10.2 Å². The highest BCUT2D eigenvalue weighted by Gasteiger charge is 2.32. The summed E-state index contributed by atoms with van der Waals surface area (Å²) in [6.45, 7) is 0. The molecule has 20 heavy (non-hydrogen) atoms. The number of carbonyl (C=O) groups is 1. The van der Waals surface area contributed by atoms with Gasteiger partial charge < -0.3 is 0 Å². The first kappa shape index (κ1) is 12.0. The third-order valence-electron chi connectivity index (χ3n) is 3.81. The minimum Gasteiger partial charge on any atom is -0.266 e. The molecule has 1 amide bonds. The van der Waals surface area contributed by atoms with E-state index in [1.54, 1.807) is 0 Å². The normalized spacial score (nSPS) is 17.8. The van der Waals surface area contributed by atoms with Gasteiger partial charge in [0, 0.05) is 5.92 Å². The average molecular weight is 290 g/mol. The van der Waals surface area contributed by atoms with Gasteiger partial charge in [0.15, 0.2) is 0 Å². The minimum absolute atomic E-state index is 0.180. The number of nitrogens with zero attached hydrogens (tertiary/aromatic N) is 5. The Bertz CT molecular complexity index is 659. The predicted octanol–water partition coefficient (Wildman–Crippen LogP) is 1.27. The Kier molecular flexibility index (Phi) is 2.76. The smallest absolute Gasteiger partial charge is 0.266 e. The van der Waals surface area contributed by atoms with Crippen molar-refractivity contribution in [2.45, 2.75) is 44.4 Å². The zero-order chi connectivity index (χ0) is 13.5. The average Bonchev–Trinajstić information content (AvgIpc) is 3.06. The molecule has 7 nitrogen and oxygen atoms in total. The van der Waals surface area contributed by atoms with Crippen molar-refractivity contribution in [1.29, 1.82) is 0 Å². The van der Waals surface area contributed by atoms with Crippen LogP contribution in [0.3, 0.4) is 0 Å². The van der Waals surface area contributed by atoms with Crippen LogP contribution in [0, 0.1) is 0 Å². The van der Waals surface area contributed by atoms with E-state index in [1.165, 1.54) is 4.79 Å². The van der Waals surface area contributed by atoms with E-state index in [0.717, 1.165) is 67.1 Å². The summed E-state index contributed by atoms with van der Waals surface area (Å²) in [7, 11) is 0. The lowest BCUT2D eigenvalue weighted by molar-refractivity contribution is 0.101. The molecule has 0 spiro atoms. The molecule has 1 saturated carbocycles. The van der Waals surface area contributed by atoms with Crippen molar-refractivity contribution < 1.29 is 4.79 Å². The van der Waals surface area contributed by atoms with E-state index in [-0.39, 0.29) is 5.91 Å². The molecule has 2 aliphatic rings. The Morgan fingerprint density at radius 1 is 1.25 bits per heavy atom. The Hall–Kier alpha value is -1.83. The number of rotatable bonds is 3. The van der Waals surface area contributed by atoms with Gasteiger partial charge in [-0.1, -0.05) is 4.49 Å². The summed E-state index contributed by atoms with van der Waals surface area (Å²) < 4.78 is 3.91. The molecule has 0 aromatic carbocycles. The fourth-order valence-electron chi connectivity index (χ4n) is 2.58. The second kappa shape index (κ2) is 4.62. The molecule has 0 radical (unpaired) electrons. The topological polar surface area (TPSA) is 85.6 Å². The third kappa shape index (κ3) is 2.00. The van der Waals surface area contributed by atoms with Crippen LogP contribution in [0.15, 0.2) is 0 Å². The number of aryl methyl sites for hydroxylation is 1. The van der Waals surface area contributed by atoms with Gasteiger partial charge in [-0.2, -0.15) is 4.79 Å². The van der Waals surface area contributed by atoms with Crippen LogP contribution in [0.4, 0.5) is 0 Å². The quantitative estimate of drug-likeness (QED) is 0.920. The molecule has 2 aromatic rings. The van der Waals surface area contributed by atoms with Gasteiger partial charge in [0.2, 0.25) is 0 Å². The number of nitrogens with one attached hydrogen (secondary N) is 1. The second-order valence-electron chi connectivity index (χ2n) is 5.30. The second-order valence-corrected chi connectivity index (χ2v) is 6.06. The molecular weight excluding hydrogens is 276 g/mol. The molecule has 0 aliphatic heterocycles. The zero-order valence-corrected chi connectivity index (χ0v) is 11.7. The highest BCUT2D eigenvalue weighted by Crippen LogP contribution is 2.41. The van der Waals surface area contributed by atoms with Crippen molar-refractivity contribution in [3.8, 4) is 0 Å². The molecule has 104 valence electrons. The summed E-state index contributed by atoms with van der Waals surface area (Å²) in [4.78, 5) is 14.5. The van der Waals surface area contributed by atoms with Crippen LogP contribution >= 0.6 is 11.5 Å². The van der Waals surface area contributed by atoms with Crippen LogP contribution in [0.25, 0.3) is 0 Å². The maximum absolute atomic E-state index is 12.3. The molecule has 2 aliphatic carbocycles. The minimum atomic E-state index is -0.180. The highest BCUT2D eigenvalue weighted by atomic mass is 32.1. The molecule has 2 aromatic heterocycles. The number of amides is 1. The molecule has 1 N–H and O–H groups in total. The van der Waals surface area contributed by atoms with Crippen LogP contribution < -0.4 is 5.43 Å². The summed E-state index contributed by atoms with van der Waals surface area (Å²) in [5, 5.41) is 12.2. The van der Waals surface area contributed by atoms with Crippen molar-refractivity contribution in [3.05, 3.63) is 22.0 Å². The maximum atomic E-state index is 12.3. The first-order valence-corrected chi connectivity index (χ1v) is 7.67. The first-order chi connectivity index (χ1) is 9.83. The van der Waals surface area contributed by atoms with E-state index in [0.29, 0.717) is 10.8 Å². The standard InChI is InChI=1S/C12H14N6OS/c19-12(11-10(7-5-6-7)14-17-20-11)15-18-9-4-2-1-3-8(9)13-16-18/h7H,1-6H2,(H,15,19). The van der Waals surface area contributed by atoms with Gasteiger partial charge in [0.05, 0.1) is 17.1 Å². The largest absolute Gasteiger partial charge is 0.285 e. The molecule has 8 heteroatoms.